The number of carbonyl (C=O) groups excluding carboxylic acids is 2. The summed E-state index contributed by atoms with van der Waals surface area (Å²) in [4.78, 5) is 33.9. The maximum Gasteiger partial charge on any atom is 0.269 e. The lowest BCUT2D eigenvalue weighted by molar-refractivity contribution is -0.384. The van der Waals surface area contributed by atoms with Crippen molar-refractivity contribution in [3.05, 3.63) is 43.9 Å². The highest BCUT2D eigenvalue weighted by molar-refractivity contribution is 6.67. The van der Waals surface area contributed by atoms with Crippen LogP contribution >= 0.6 is 69.6 Å². The monoisotopic (exact) mass is 502 g/mol. The van der Waals surface area contributed by atoms with E-state index in [0.717, 1.165) is 4.90 Å². The zero-order chi connectivity index (χ0) is 21.0. The van der Waals surface area contributed by atoms with Crippen LogP contribution in [0.15, 0.2) is 28.3 Å². The third-order valence-corrected chi connectivity index (χ3v) is 9.80. The molecule has 28 heavy (non-hydrogen) atoms. The second-order valence-electron chi connectivity index (χ2n) is 6.82. The first-order valence-electron chi connectivity index (χ1n) is 7.78. The number of imide groups is 1. The summed E-state index contributed by atoms with van der Waals surface area (Å²) < 4.78 is -2.01. The van der Waals surface area contributed by atoms with E-state index in [9.17, 15) is 19.7 Å². The third kappa shape index (κ3) is 1.99. The number of benzene rings is 1. The Labute approximate surface area is 188 Å². The molecule has 0 N–H and O–H groups in total. The summed E-state index contributed by atoms with van der Waals surface area (Å²) in [6.45, 7) is 1.53. The number of fused-ring (bicyclic) bond motifs is 5. The standard InChI is InChI=1S/C16H8Cl6N2O4/c1-5-4-6(24(27)28)2-3-7(5)23-12(25)8-9(13(23)26)15(20)11(18)10(17)14(8,19)16(15,21)22/h2-4,8-9H,1H3/t8-,9+,14-,15-/m1/s1. The van der Waals surface area contributed by atoms with Crippen LogP contribution in [-0.2, 0) is 9.59 Å². The predicted octanol–water partition coefficient (Wildman–Crippen LogP) is 4.85. The molecule has 2 bridgehead atoms. The van der Waals surface area contributed by atoms with Gasteiger partial charge in [0, 0.05) is 12.1 Å². The van der Waals surface area contributed by atoms with Crippen LogP contribution in [-0.4, -0.2) is 30.8 Å². The molecule has 4 rings (SSSR count). The van der Waals surface area contributed by atoms with Crippen molar-refractivity contribution in [3.63, 3.8) is 0 Å². The van der Waals surface area contributed by atoms with Crippen LogP contribution in [0.1, 0.15) is 5.56 Å². The van der Waals surface area contributed by atoms with Gasteiger partial charge in [0.15, 0.2) is 4.33 Å². The number of hydrogen-bond donors (Lipinski definition) is 0. The van der Waals surface area contributed by atoms with Crippen molar-refractivity contribution in [1.82, 2.24) is 0 Å². The lowest BCUT2D eigenvalue weighted by Crippen LogP contribution is -2.50. The van der Waals surface area contributed by atoms with Gasteiger partial charge in [0.25, 0.3) is 5.69 Å². The Bertz CT molecular complexity index is 980. The second kappa shape index (κ2) is 5.90. The van der Waals surface area contributed by atoms with Gasteiger partial charge < -0.3 is 0 Å². The summed E-state index contributed by atoms with van der Waals surface area (Å²) in [6.07, 6.45) is 0. The van der Waals surface area contributed by atoms with E-state index in [4.69, 9.17) is 69.6 Å². The fraction of sp³-hybridized carbons (Fsp3) is 0.375. The molecule has 148 valence electrons. The van der Waals surface area contributed by atoms with Gasteiger partial charge in [-0.2, -0.15) is 0 Å². The molecule has 1 aromatic carbocycles. The molecule has 0 spiro atoms. The van der Waals surface area contributed by atoms with Gasteiger partial charge in [-0.1, -0.05) is 46.4 Å². The van der Waals surface area contributed by atoms with Gasteiger partial charge in [-0.15, -0.1) is 23.2 Å². The van der Waals surface area contributed by atoms with Gasteiger partial charge in [0.2, 0.25) is 11.8 Å². The minimum atomic E-state index is -2.01. The number of halogens is 6. The molecule has 1 saturated heterocycles. The normalized spacial score (nSPS) is 35.8. The van der Waals surface area contributed by atoms with Crippen LogP contribution in [0.3, 0.4) is 0 Å². The average molecular weight is 505 g/mol. The van der Waals surface area contributed by atoms with Crippen LogP contribution in [0, 0.1) is 28.9 Å². The van der Waals surface area contributed by atoms with Crippen molar-refractivity contribution >= 4 is 92.8 Å². The fourth-order valence-electron chi connectivity index (χ4n) is 4.24. The molecule has 0 unspecified atom stereocenters. The first-order valence-corrected chi connectivity index (χ1v) is 10.0. The van der Waals surface area contributed by atoms with Crippen LogP contribution < -0.4 is 4.90 Å². The summed E-state index contributed by atoms with van der Waals surface area (Å²) in [6, 6.07) is 3.74. The number of carbonyl (C=O) groups is 2. The predicted molar refractivity (Wildman–Crippen MR) is 108 cm³/mol. The lowest BCUT2D eigenvalue weighted by atomic mass is 9.84. The highest BCUT2D eigenvalue weighted by atomic mass is 35.5. The smallest absolute Gasteiger partial charge is 0.269 e. The maximum atomic E-state index is 13.2. The van der Waals surface area contributed by atoms with Crippen molar-refractivity contribution < 1.29 is 14.5 Å². The topological polar surface area (TPSA) is 80.5 Å². The van der Waals surface area contributed by atoms with E-state index in [0.29, 0.717) is 5.56 Å². The number of nitro groups is 1. The number of amides is 2. The molecule has 2 fully saturated rings. The first kappa shape index (κ1) is 20.5. The quantitative estimate of drug-likeness (QED) is 0.249. The molecule has 1 aromatic rings. The Morgan fingerprint density at radius 1 is 1.00 bits per heavy atom. The Kier molecular flexibility index (Phi) is 4.32. The molecule has 1 aliphatic heterocycles. The number of alkyl halides is 4. The van der Waals surface area contributed by atoms with Crippen molar-refractivity contribution in [2.45, 2.75) is 21.0 Å². The number of non-ortho nitro benzene ring substituents is 1. The molecular weight excluding hydrogens is 497 g/mol. The summed E-state index contributed by atoms with van der Waals surface area (Å²) in [5.41, 5.74) is 0.317. The molecule has 1 saturated carbocycles. The maximum absolute atomic E-state index is 13.2. The number of nitro benzene ring substituents is 1. The van der Waals surface area contributed by atoms with Gasteiger partial charge >= 0.3 is 0 Å². The second-order valence-corrected chi connectivity index (χ2v) is 10.1. The van der Waals surface area contributed by atoms with E-state index in [1.54, 1.807) is 0 Å². The number of nitrogens with zero attached hydrogens (tertiary/aromatic N) is 2. The molecule has 3 aliphatic rings. The Morgan fingerprint density at radius 2 is 1.46 bits per heavy atom. The zero-order valence-electron chi connectivity index (χ0n) is 13.7. The van der Waals surface area contributed by atoms with E-state index in [1.807, 2.05) is 0 Å². The van der Waals surface area contributed by atoms with Crippen LogP contribution in [0.5, 0.6) is 0 Å². The molecule has 0 radical (unpaired) electrons. The molecule has 2 amide bonds. The van der Waals surface area contributed by atoms with E-state index < -0.39 is 42.7 Å². The number of allylic oxidation sites excluding steroid dienone is 2. The number of aryl methyl sites for hydroxylation is 1. The fourth-order valence-corrected chi connectivity index (χ4v) is 7.17. The zero-order valence-corrected chi connectivity index (χ0v) is 18.2. The molecule has 0 aromatic heterocycles. The first-order chi connectivity index (χ1) is 12.8. The van der Waals surface area contributed by atoms with Crippen LogP contribution in [0.25, 0.3) is 0 Å². The van der Waals surface area contributed by atoms with Gasteiger partial charge in [0.1, 0.15) is 9.75 Å². The van der Waals surface area contributed by atoms with Crippen molar-refractivity contribution in [2.75, 3.05) is 4.90 Å². The van der Waals surface area contributed by atoms with Gasteiger partial charge in [0.05, 0.1) is 32.5 Å². The highest BCUT2D eigenvalue weighted by Gasteiger charge is 2.87. The SMILES string of the molecule is Cc1cc([N+](=O)[O-])ccc1N1C(=O)[C@@H]2[C@H](C1=O)[C@@]1(Cl)C(Cl)=C(Cl)[C@@]2(Cl)C1(Cl)Cl. The van der Waals surface area contributed by atoms with E-state index >= 15 is 0 Å². The van der Waals surface area contributed by atoms with Gasteiger partial charge in [-0.05, 0) is 18.6 Å². The molecule has 12 heteroatoms. The largest absolute Gasteiger partial charge is 0.274 e. The minimum absolute atomic E-state index is 0.164. The summed E-state index contributed by atoms with van der Waals surface area (Å²) >= 11 is 38.6. The molecule has 6 nitrogen and oxygen atoms in total. The Hall–Kier alpha value is -0.760. The number of hydrogen-bond acceptors (Lipinski definition) is 4. The van der Waals surface area contributed by atoms with E-state index in [-0.39, 0.29) is 21.4 Å². The summed E-state index contributed by atoms with van der Waals surface area (Å²) in [5, 5.41) is 10.6. The van der Waals surface area contributed by atoms with Crippen LogP contribution in [0.2, 0.25) is 0 Å². The third-order valence-electron chi connectivity index (χ3n) is 5.54. The number of anilines is 1. The molecule has 4 atom stereocenters. The van der Waals surface area contributed by atoms with Crippen molar-refractivity contribution in [2.24, 2.45) is 11.8 Å². The molecular formula is C16H8Cl6N2O4. The Balaban J connectivity index is 1.87. The molecule has 1 heterocycles. The summed E-state index contributed by atoms with van der Waals surface area (Å²) in [5.74, 6) is -3.92. The lowest BCUT2D eigenvalue weighted by Gasteiger charge is -2.34. The van der Waals surface area contributed by atoms with Crippen LogP contribution in [0.4, 0.5) is 11.4 Å². The minimum Gasteiger partial charge on any atom is -0.274 e. The summed E-state index contributed by atoms with van der Waals surface area (Å²) in [7, 11) is 0. The van der Waals surface area contributed by atoms with Gasteiger partial charge in [-0.3, -0.25) is 19.7 Å². The average Bonchev–Trinajstić information content (AvgIpc) is 3.00. The molecule has 2 aliphatic carbocycles. The highest BCUT2D eigenvalue weighted by Crippen LogP contribution is 2.77. The van der Waals surface area contributed by atoms with Crippen molar-refractivity contribution in [3.8, 4) is 0 Å². The van der Waals surface area contributed by atoms with E-state index in [1.165, 1.54) is 25.1 Å². The Morgan fingerprint density at radius 3 is 1.86 bits per heavy atom. The number of rotatable bonds is 2. The van der Waals surface area contributed by atoms with E-state index in [2.05, 4.69) is 0 Å². The van der Waals surface area contributed by atoms with Gasteiger partial charge in [-0.25, -0.2) is 4.90 Å². The van der Waals surface area contributed by atoms with Crippen molar-refractivity contribution in [1.29, 1.82) is 0 Å².